The number of nitrogens with two attached hydrogens (primary N) is 1. The number of carbonyl (C=O) groups excluding carboxylic acids is 1. The normalized spacial score (nSPS) is 17.6. The van der Waals surface area contributed by atoms with Gasteiger partial charge < -0.3 is 11.1 Å². The first kappa shape index (κ1) is 14.4. The number of thiophene rings is 1. The molecule has 2 aromatic rings. The highest BCUT2D eigenvalue weighted by Gasteiger charge is 2.34. The third-order valence-electron chi connectivity index (χ3n) is 3.33. The van der Waals surface area contributed by atoms with E-state index in [9.17, 15) is 10.1 Å². The lowest BCUT2D eigenvalue weighted by Crippen LogP contribution is -2.42. The predicted octanol–water partition coefficient (Wildman–Crippen LogP) is 2.19. The lowest BCUT2D eigenvalue weighted by Gasteiger charge is -2.23. The van der Waals surface area contributed by atoms with Gasteiger partial charge in [-0.2, -0.15) is 5.26 Å². The molecule has 0 saturated carbocycles. The Morgan fingerprint density at radius 2 is 2.09 bits per heavy atom. The minimum absolute atomic E-state index is 0.127. The lowest BCUT2D eigenvalue weighted by atomic mass is 9.87. The molecule has 1 aromatic carbocycles. The van der Waals surface area contributed by atoms with Crippen LogP contribution in [0.2, 0.25) is 0 Å². The van der Waals surface area contributed by atoms with E-state index < -0.39 is 5.92 Å². The molecule has 0 aliphatic carbocycles. The number of nitrogens with one attached hydrogen (secondary N) is 1. The van der Waals surface area contributed by atoms with E-state index in [1.165, 1.54) is 11.3 Å². The zero-order valence-electron chi connectivity index (χ0n) is 11.2. The molecule has 3 N–H and O–H groups in total. The maximum Gasteiger partial charge on any atom is 0.239 e. The van der Waals surface area contributed by atoms with Crippen LogP contribution in [0, 0.1) is 11.3 Å². The van der Waals surface area contributed by atoms with Gasteiger partial charge >= 0.3 is 0 Å². The fraction of sp³-hybridized carbons (Fsp3) is 0.0667. The first-order valence-electron chi connectivity index (χ1n) is 6.37. The molecule has 1 aromatic heterocycles. The Kier molecular flexibility index (Phi) is 3.71. The summed E-state index contributed by atoms with van der Waals surface area (Å²) in [4.78, 5) is 16.8. The molecule has 0 bridgehead atoms. The van der Waals surface area contributed by atoms with Gasteiger partial charge in [-0.25, -0.2) is 4.99 Å². The molecule has 1 aliphatic rings. The molecule has 1 amide bonds. The standard InChI is InChI=1S/C15H10N4OS2/c16-6-9-10(7-22-13(9)17)11-12(8-4-2-1-3-5-8)18-15(21)19-14(11)20/h1-5,7,11H,17H2,(H,19,20,21). The van der Waals surface area contributed by atoms with Crippen molar-refractivity contribution in [3.63, 3.8) is 0 Å². The number of hydrogen-bond donors (Lipinski definition) is 2. The monoisotopic (exact) mass is 326 g/mol. The van der Waals surface area contributed by atoms with Crippen LogP contribution in [0.4, 0.5) is 5.00 Å². The van der Waals surface area contributed by atoms with Gasteiger partial charge in [0, 0.05) is 5.56 Å². The molecule has 1 atom stereocenters. The van der Waals surface area contributed by atoms with E-state index in [-0.39, 0.29) is 11.0 Å². The number of thiocarbonyl (C=S) groups is 1. The van der Waals surface area contributed by atoms with Crippen molar-refractivity contribution in [2.24, 2.45) is 4.99 Å². The van der Waals surface area contributed by atoms with Gasteiger partial charge in [-0.3, -0.25) is 4.79 Å². The first-order chi connectivity index (χ1) is 10.6. The van der Waals surface area contributed by atoms with Crippen molar-refractivity contribution >= 4 is 45.3 Å². The molecule has 7 heteroatoms. The van der Waals surface area contributed by atoms with E-state index in [4.69, 9.17) is 18.0 Å². The molecule has 2 heterocycles. The third-order valence-corrected chi connectivity index (χ3v) is 4.35. The third kappa shape index (κ3) is 2.39. The molecule has 108 valence electrons. The maximum absolute atomic E-state index is 12.4. The van der Waals surface area contributed by atoms with Crippen LogP contribution >= 0.6 is 23.6 Å². The van der Waals surface area contributed by atoms with Crippen molar-refractivity contribution < 1.29 is 4.79 Å². The first-order valence-corrected chi connectivity index (χ1v) is 7.66. The number of hydrogen-bond acceptors (Lipinski definition) is 5. The zero-order chi connectivity index (χ0) is 15.7. The second-order valence-corrected chi connectivity index (χ2v) is 5.93. The number of nitriles is 1. The van der Waals surface area contributed by atoms with Gasteiger partial charge in [0.05, 0.1) is 11.3 Å². The number of nitrogens with zero attached hydrogens (tertiary/aromatic N) is 2. The minimum Gasteiger partial charge on any atom is -0.389 e. The van der Waals surface area contributed by atoms with Crippen molar-refractivity contribution in [1.82, 2.24) is 5.32 Å². The summed E-state index contributed by atoms with van der Waals surface area (Å²) in [6.45, 7) is 0. The van der Waals surface area contributed by atoms with Crippen molar-refractivity contribution in [2.45, 2.75) is 5.92 Å². The molecule has 0 fully saturated rings. The van der Waals surface area contributed by atoms with Crippen LogP contribution in [0.1, 0.15) is 22.6 Å². The Morgan fingerprint density at radius 3 is 2.77 bits per heavy atom. The summed E-state index contributed by atoms with van der Waals surface area (Å²) in [5, 5.41) is 14.1. The van der Waals surface area contributed by atoms with Gasteiger partial charge in [0.15, 0.2) is 5.11 Å². The quantitative estimate of drug-likeness (QED) is 0.828. The van der Waals surface area contributed by atoms with Crippen LogP contribution in [0.15, 0.2) is 40.7 Å². The molecule has 3 rings (SSSR count). The lowest BCUT2D eigenvalue weighted by molar-refractivity contribution is -0.119. The highest BCUT2D eigenvalue weighted by molar-refractivity contribution is 7.80. The zero-order valence-corrected chi connectivity index (χ0v) is 12.9. The molecular weight excluding hydrogens is 316 g/mol. The molecule has 22 heavy (non-hydrogen) atoms. The Labute approximate surface area is 136 Å². The summed E-state index contributed by atoms with van der Waals surface area (Å²) in [7, 11) is 0. The number of amides is 1. The Hall–Kier alpha value is -2.56. The van der Waals surface area contributed by atoms with Crippen LogP contribution in [-0.4, -0.2) is 16.7 Å². The summed E-state index contributed by atoms with van der Waals surface area (Å²) in [6.07, 6.45) is 0. The van der Waals surface area contributed by atoms with Gasteiger partial charge in [0.2, 0.25) is 5.91 Å². The van der Waals surface area contributed by atoms with Crippen LogP contribution in [-0.2, 0) is 4.79 Å². The second-order valence-electron chi connectivity index (χ2n) is 4.63. The van der Waals surface area contributed by atoms with Crippen LogP contribution < -0.4 is 11.1 Å². The van der Waals surface area contributed by atoms with Crippen molar-refractivity contribution in [3.8, 4) is 6.07 Å². The number of carbonyl (C=O) groups is 1. The highest BCUT2D eigenvalue weighted by atomic mass is 32.1. The molecule has 0 spiro atoms. The summed E-state index contributed by atoms with van der Waals surface area (Å²) >= 11 is 6.26. The van der Waals surface area contributed by atoms with Gasteiger partial charge in [-0.1, -0.05) is 30.3 Å². The highest BCUT2D eigenvalue weighted by Crippen LogP contribution is 2.34. The molecule has 5 nitrogen and oxygen atoms in total. The van der Waals surface area contributed by atoms with Crippen molar-refractivity contribution in [3.05, 3.63) is 52.4 Å². The summed E-state index contributed by atoms with van der Waals surface area (Å²) in [6, 6.07) is 11.4. The van der Waals surface area contributed by atoms with Crippen LogP contribution in [0.25, 0.3) is 0 Å². The van der Waals surface area contributed by atoms with E-state index in [1.807, 2.05) is 30.3 Å². The Bertz CT molecular complexity index is 833. The van der Waals surface area contributed by atoms with Crippen molar-refractivity contribution in [1.29, 1.82) is 5.26 Å². The Balaban J connectivity index is 2.19. The summed E-state index contributed by atoms with van der Waals surface area (Å²) < 4.78 is 0. The molecule has 1 aliphatic heterocycles. The van der Waals surface area contributed by atoms with Gasteiger partial charge in [0.1, 0.15) is 17.0 Å². The van der Waals surface area contributed by atoms with E-state index in [0.717, 1.165) is 5.56 Å². The van der Waals surface area contributed by atoms with Crippen LogP contribution in [0.5, 0.6) is 0 Å². The molecular formula is C15H10N4OS2. The van der Waals surface area contributed by atoms with E-state index in [0.29, 0.717) is 21.8 Å². The summed E-state index contributed by atoms with van der Waals surface area (Å²) in [5.41, 5.74) is 8.02. The Morgan fingerprint density at radius 1 is 1.36 bits per heavy atom. The smallest absolute Gasteiger partial charge is 0.239 e. The number of anilines is 1. The van der Waals surface area contributed by atoms with E-state index in [1.54, 1.807) is 5.38 Å². The van der Waals surface area contributed by atoms with Gasteiger partial charge in [-0.05, 0) is 23.2 Å². The maximum atomic E-state index is 12.4. The summed E-state index contributed by atoms with van der Waals surface area (Å²) in [5.74, 6) is -0.995. The molecule has 0 saturated heterocycles. The van der Waals surface area contributed by atoms with Crippen LogP contribution in [0.3, 0.4) is 0 Å². The average molecular weight is 326 g/mol. The van der Waals surface area contributed by atoms with Gasteiger partial charge in [0.25, 0.3) is 0 Å². The number of rotatable bonds is 2. The fourth-order valence-electron chi connectivity index (χ4n) is 2.35. The number of benzene rings is 1. The number of aliphatic imine (C=N–C) groups is 1. The SMILES string of the molecule is N#Cc1c(C2C(=O)NC(=S)N=C2c2ccccc2)csc1N. The second kappa shape index (κ2) is 5.67. The minimum atomic E-state index is -0.697. The predicted molar refractivity (Wildman–Crippen MR) is 89.9 cm³/mol. The molecule has 0 radical (unpaired) electrons. The van der Waals surface area contributed by atoms with Crippen molar-refractivity contribution in [2.75, 3.05) is 5.73 Å². The fourth-order valence-corrected chi connectivity index (χ4v) is 3.34. The van der Waals surface area contributed by atoms with E-state index >= 15 is 0 Å². The largest absolute Gasteiger partial charge is 0.389 e. The van der Waals surface area contributed by atoms with E-state index in [2.05, 4.69) is 16.4 Å². The van der Waals surface area contributed by atoms with Gasteiger partial charge in [-0.15, -0.1) is 11.3 Å². The topological polar surface area (TPSA) is 91.3 Å². The number of nitrogen functional groups attached to an aromatic ring is 1. The molecule has 1 unspecified atom stereocenters. The average Bonchev–Trinajstić information content (AvgIpc) is 2.88.